The van der Waals surface area contributed by atoms with E-state index in [0.29, 0.717) is 17.0 Å². The second kappa shape index (κ2) is 5.67. The van der Waals surface area contributed by atoms with E-state index in [0.717, 1.165) is 18.4 Å². The van der Waals surface area contributed by atoms with E-state index in [-0.39, 0.29) is 11.2 Å². The van der Waals surface area contributed by atoms with Crippen molar-refractivity contribution in [1.29, 1.82) is 0 Å². The van der Waals surface area contributed by atoms with Crippen LogP contribution >= 0.6 is 11.6 Å². The molecule has 0 N–H and O–H groups in total. The molecule has 0 aliphatic rings. The minimum atomic E-state index is -0.115. The predicted octanol–water partition coefficient (Wildman–Crippen LogP) is 5.16. The molecule has 16 heavy (non-hydrogen) atoms. The summed E-state index contributed by atoms with van der Waals surface area (Å²) < 4.78 is 13.5. The summed E-state index contributed by atoms with van der Waals surface area (Å²) in [6.45, 7) is 7.94. The van der Waals surface area contributed by atoms with E-state index >= 15 is 0 Å². The summed E-state index contributed by atoms with van der Waals surface area (Å²) in [7, 11) is 0. The number of halogens is 2. The van der Waals surface area contributed by atoms with Crippen LogP contribution in [0, 0.1) is 25.6 Å². The van der Waals surface area contributed by atoms with Gasteiger partial charge in [-0.1, -0.05) is 32.4 Å². The summed E-state index contributed by atoms with van der Waals surface area (Å²) >= 11 is 6.35. The average molecular weight is 243 g/mol. The molecule has 0 spiro atoms. The first-order chi connectivity index (χ1) is 7.45. The van der Waals surface area contributed by atoms with Gasteiger partial charge in [0.05, 0.1) is 5.38 Å². The number of hydrogen-bond acceptors (Lipinski definition) is 0. The summed E-state index contributed by atoms with van der Waals surface area (Å²) in [5.41, 5.74) is 2.41. The molecule has 2 atom stereocenters. The van der Waals surface area contributed by atoms with Crippen molar-refractivity contribution in [3.8, 4) is 0 Å². The molecule has 0 aromatic heterocycles. The van der Waals surface area contributed by atoms with Crippen molar-refractivity contribution in [1.82, 2.24) is 0 Å². The van der Waals surface area contributed by atoms with E-state index in [1.807, 2.05) is 12.1 Å². The lowest BCUT2D eigenvalue weighted by Gasteiger charge is -2.16. The van der Waals surface area contributed by atoms with E-state index in [1.165, 1.54) is 0 Å². The zero-order valence-electron chi connectivity index (χ0n) is 10.5. The molecule has 0 fully saturated rings. The Bertz CT molecular complexity index is 337. The molecule has 0 bridgehead atoms. The molecule has 0 aliphatic carbocycles. The molecule has 0 aliphatic heterocycles. The first-order valence-electron chi connectivity index (χ1n) is 5.86. The second-order valence-electron chi connectivity index (χ2n) is 4.69. The molecule has 0 saturated carbocycles. The highest BCUT2D eigenvalue weighted by Gasteiger charge is 2.14. The number of hydrogen-bond donors (Lipinski definition) is 0. The van der Waals surface area contributed by atoms with Crippen molar-refractivity contribution in [2.75, 3.05) is 0 Å². The van der Waals surface area contributed by atoms with Crippen molar-refractivity contribution in [2.24, 2.45) is 5.92 Å². The standard InChI is InChI=1S/C14H20ClF/c1-5-9(2)6-13(15)12-7-10(3)14(16)11(4)8-12/h7-9,13H,5-6H2,1-4H3. The molecule has 90 valence electrons. The van der Waals surface area contributed by atoms with Crippen LogP contribution in [0.5, 0.6) is 0 Å². The first-order valence-corrected chi connectivity index (χ1v) is 6.30. The van der Waals surface area contributed by atoms with E-state index in [4.69, 9.17) is 11.6 Å². The maximum atomic E-state index is 13.5. The highest BCUT2D eigenvalue weighted by molar-refractivity contribution is 6.20. The van der Waals surface area contributed by atoms with Crippen LogP contribution in [0.4, 0.5) is 4.39 Å². The van der Waals surface area contributed by atoms with Gasteiger partial charge in [0.2, 0.25) is 0 Å². The van der Waals surface area contributed by atoms with Crippen LogP contribution in [0.25, 0.3) is 0 Å². The lowest BCUT2D eigenvalue weighted by atomic mass is 9.96. The molecule has 0 amide bonds. The Morgan fingerprint density at radius 1 is 1.25 bits per heavy atom. The predicted molar refractivity (Wildman–Crippen MR) is 68.5 cm³/mol. The smallest absolute Gasteiger partial charge is 0.129 e. The van der Waals surface area contributed by atoms with Gasteiger partial charge in [-0.15, -0.1) is 11.6 Å². The summed E-state index contributed by atoms with van der Waals surface area (Å²) in [5.74, 6) is 0.490. The maximum absolute atomic E-state index is 13.5. The van der Waals surface area contributed by atoms with Crippen LogP contribution in [0.1, 0.15) is 48.8 Å². The normalized spacial score (nSPS) is 14.9. The Labute approximate surface area is 103 Å². The van der Waals surface area contributed by atoms with E-state index in [9.17, 15) is 4.39 Å². The van der Waals surface area contributed by atoms with Gasteiger partial charge in [0.1, 0.15) is 5.82 Å². The number of aryl methyl sites for hydroxylation is 2. The van der Waals surface area contributed by atoms with Crippen LogP contribution in [-0.2, 0) is 0 Å². The summed E-state index contributed by atoms with van der Waals surface area (Å²) in [4.78, 5) is 0. The third-order valence-corrected chi connectivity index (χ3v) is 3.56. The highest BCUT2D eigenvalue weighted by Crippen LogP contribution is 2.31. The van der Waals surface area contributed by atoms with E-state index in [1.54, 1.807) is 13.8 Å². The van der Waals surface area contributed by atoms with Gasteiger partial charge in [0.25, 0.3) is 0 Å². The quantitative estimate of drug-likeness (QED) is 0.640. The van der Waals surface area contributed by atoms with Crippen molar-refractivity contribution >= 4 is 11.6 Å². The minimum Gasteiger partial charge on any atom is -0.206 e. The summed E-state index contributed by atoms with van der Waals surface area (Å²) in [6.07, 6.45) is 2.07. The molecule has 2 unspecified atom stereocenters. The number of alkyl halides is 1. The van der Waals surface area contributed by atoms with Gasteiger partial charge in [-0.2, -0.15) is 0 Å². The molecule has 0 nitrogen and oxygen atoms in total. The van der Waals surface area contributed by atoms with Crippen LogP contribution in [-0.4, -0.2) is 0 Å². The SMILES string of the molecule is CCC(C)CC(Cl)c1cc(C)c(F)c(C)c1. The average Bonchev–Trinajstić information content (AvgIpc) is 2.24. The largest absolute Gasteiger partial charge is 0.206 e. The molecule has 0 heterocycles. The highest BCUT2D eigenvalue weighted by atomic mass is 35.5. The molecule has 1 aromatic carbocycles. The Hall–Kier alpha value is -0.560. The minimum absolute atomic E-state index is 0.00653. The zero-order chi connectivity index (χ0) is 12.3. The van der Waals surface area contributed by atoms with Crippen molar-refractivity contribution in [3.63, 3.8) is 0 Å². The van der Waals surface area contributed by atoms with Crippen LogP contribution in [0.15, 0.2) is 12.1 Å². The van der Waals surface area contributed by atoms with Gasteiger partial charge < -0.3 is 0 Å². The topological polar surface area (TPSA) is 0 Å². The third kappa shape index (κ3) is 3.21. The fraction of sp³-hybridized carbons (Fsp3) is 0.571. The molecule has 1 rings (SSSR count). The second-order valence-corrected chi connectivity index (χ2v) is 5.21. The molecule has 0 radical (unpaired) electrons. The monoisotopic (exact) mass is 242 g/mol. The van der Waals surface area contributed by atoms with Crippen molar-refractivity contribution in [3.05, 3.63) is 34.6 Å². The Morgan fingerprint density at radius 2 is 1.75 bits per heavy atom. The van der Waals surface area contributed by atoms with Gasteiger partial charge in [-0.25, -0.2) is 4.39 Å². The molecule has 0 saturated heterocycles. The van der Waals surface area contributed by atoms with Gasteiger partial charge >= 0.3 is 0 Å². The summed E-state index contributed by atoms with van der Waals surface area (Å²) in [5, 5.41) is -0.00653. The Kier molecular flexibility index (Phi) is 4.79. The van der Waals surface area contributed by atoms with Gasteiger partial charge in [0, 0.05) is 0 Å². The molecule has 1 aromatic rings. The zero-order valence-corrected chi connectivity index (χ0v) is 11.2. The number of rotatable bonds is 4. The van der Waals surface area contributed by atoms with Crippen LogP contribution in [0.2, 0.25) is 0 Å². The first kappa shape index (κ1) is 13.5. The van der Waals surface area contributed by atoms with Gasteiger partial charge in [0.15, 0.2) is 0 Å². The fourth-order valence-corrected chi connectivity index (χ4v) is 2.25. The molecular weight excluding hydrogens is 223 g/mol. The van der Waals surface area contributed by atoms with Crippen molar-refractivity contribution in [2.45, 2.75) is 45.9 Å². The van der Waals surface area contributed by atoms with Crippen LogP contribution in [0.3, 0.4) is 0 Å². The number of benzene rings is 1. The Balaban J connectivity index is 2.88. The van der Waals surface area contributed by atoms with Crippen molar-refractivity contribution < 1.29 is 4.39 Å². The molecular formula is C14H20ClF. The lowest BCUT2D eigenvalue weighted by molar-refractivity contribution is 0.507. The van der Waals surface area contributed by atoms with E-state index in [2.05, 4.69) is 13.8 Å². The van der Waals surface area contributed by atoms with Crippen LogP contribution < -0.4 is 0 Å². The lowest BCUT2D eigenvalue weighted by Crippen LogP contribution is -2.01. The third-order valence-electron chi connectivity index (χ3n) is 3.13. The fourth-order valence-electron chi connectivity index (χ4n) is 1.82. The Morgan fingerprint density at radius 3 is 2.19 bits per heavy atom. The maximum Gasteiger partial charge on any atom is 0.129 e. The van der Waals surface area contributed by atoms with Gasteiger partial charge in [-0.3, -0.25) is 0 Å². The van der Waals surface area contributed by atoms with Gasteiger partial charge in [-0.05, 0) is 42.9 Å². The summed E-state index contributed by atoms with van der Waals surface area (Å²) in [6, 6.07) is 3.73. The van der Waals surface area contributed by atoms with E-state index < -0.39 is 0 Å². The molecule has 2 heteroatoms.